The third-order valence-electron chi connectivity index (χ3n) is 3.30. The number of carbonyl (C=O) groups is 1. The van der Waals surface area contributed by atoms with Gasteiger partial charge in [-0.15, -0.1) is 0 Å². The third kappa shape index (κ3) is 4.08. The summed E-state index contributed by atoms with van der Waals surface area (Å²) in [6, 6.07) is 7.88. The van der Waals surface area contributed by atoms with Crippen LogP contribution in [0.5, 0.6) is 5.75 Å². The van der Waals surface area contributed by atoms with Gasteiger partial charge in [0.25, 0.3) is 5.91 Å². The van der Waals surface area contributed by atoms with Crippen molar-refractivity contribution >= 4 is 5.91 Å². The molecular weight excluding hydrogens is 266 g/mol. The van der Waals surface area contributed by atoms with Crippen molar-refractivity contribution < 1.29 is 9.53 Å². The van der Waals surface area contributed by atoms with E-state index < -0.39 is 0 Å². The number of amides is 1. The molecule has 0 radical (unpaired) electrons. The van der Waals surface area contributed by atoms with Crippen molar-refractivity contribution in [2.45, 2.75) is 26.4 Å². The lowest BCUT2D eigenvalue weighted by Crippen LogP contribution is -2.35. The Labute approximate surface area is 124 Å². The monoisotopic (exact) mass is 287 g/mol. The smallest absolute Gasteiger partial charge is 0.254 e. The average molecular weight is 287 g/mol. The van der Waals surface area contributed by atoms with Crippen LogP contribution in [0.1, 0.15) is 29.3 Å². The maximum Gasteiger partial charge on any atom is 0.254 e. The van der Waals surface area contributed by atoms with E-state index in [1.54, 1.807) is 24.1 Å². The molecule has 0 spiro atoms. The van der Waals surface area contributed by atoms with Gasteiger partial charge in [-0.25, -0.2) is 0 Å². The standard InChI is InChI=1S/C16H21N3O2/c1-4-14(21-15-8-6-5-7-12(15)2)10-17-16(20)13-9-18-19(3)11-13/h5-9,11,14H,4,10H2,1-3H3,(H,17,20)/t14-/m0/s1. The summed E-state index contributed by atoms with van der Waals surface area (Å²) < 4.78 is 7.56. The number of rotatable bonds is 6. The number of nitrogens with zero attached hydrogens (tertiary/aromatic N) is 2. The summed E-state index contributed by atoms with van der Waals surface area (Å²) in [6.07, 6.45) is 4.02. The highest BCUT2D eigenvalue weighted by molar-refractivity contribution is 5.93. The molecule has 0 saturated carbocycles. The Kier molecular flexibility index (Phi) is 4.98. The van der Waals surface area contributed by atoms with E-state index in [-0.39, 0.29) is 12.0 Å². The fourth-order valence-corrected chi connectivity index (χ4v) is 1.98. The summed E-state index contributed by atoms with van der Waals surface area (Å²) in [5, 5.41) is 6.87. The number of carbonyl (C=O) groups excluding carboxylic acids is 1. The Morgan fingerprint density at radius 3 is 2.81 bits per heavy atom. The lowest BCUT2D eigenvalue weighted by molar-refractivity contribution is 0.0925. The summed E-state index contributed by atoms with van der Waals surface area (Å²) in [6.45, 7) is 4.52. The Balaban J connectivity index is 1.91. The van der Waals surface area contributed by atoms with Gasteiger partial charge in [0.1, 0.15) is 11.9 Å². The predicted molar refractivity (Wildman–Crippen MR) is 81.4 cm³/mol. The van der Waals surface area contributed by atoms with Crippen LogP contribution in [0, 0.1) is 6.92 Å². The zero-order valence-corrected chi connectivity index (χ0v) is 12.7. The van der Waals surface area contributed by atoms with E-state index in [0.29, 0.717) is 12.1 Å². The predicted octanol–water partition coefficient (Wildman–Crippen LogP) is 2.32. The third-order valence-corrected chi connectivity index (χ3v) is 3.30. The first-order valence-corrected chi connectivity index (χ1v) is 7.09. The van der Waals surface area contributed by atoms with Gasteiger partial charge < -0.3 is 10.1 Å². The highest BCUT2D eigenvalue weighted by Gasteiger charge is 2.13. The average Bonchev–Trinajstić information content (AvgIpc) is 2.91. The highest BCUT2D eigenvalue weighted by Crippen LogP contribution is 2.18. The van der Waals surface area contributed by atoms with Gasteiger partial charge in [-0.05, 0) is 25.0 Å². The Morgan fingerprint density at radius 1 is 1.43 bits per heavy atom. The topological polar surface area (TPSA) is 56.2 Å². The summed E-state index contributed by atoms with van der Waals surface area (Å²) in [5.41, 5.74) is 1.65. The van der Waals surface area contributed by atoms with E-state index in [0.717, 1.165) is 17.7 Å². The highest BCUT2D eigenvalue weighted by atomic mass is 16.5. The normalized spacial score (nSPS) is 12.0. The second kappa shape index (κ2) is 6.92. The number of ether oxygens (including phenoxy) is 1. The molecule has 0 aliphatic carbocycles. The van der Waals surface area contributed by atoms with Gasteiger partial charge in [0.05, 0.1) is 18.3 Å². The van der Waals surface area contributed by atoms with E-state index in [2.05, 4.69) is 10.4 Å². The molecular formula is C16H21N3O2. The lowest BCUT2D eigenvalue weighted by Gasteiger charge is -2.19. The lowest BCUT2D eigenvalue weighted by atomic mass is 10.2. The van der Waals surface area contributed by atoms with Gasteiger partial charge in [-0.3, -0.25) is 9.48 Å². The molecule has 1 atom stereocenters. The van der Waals surface area contributed by atoms with Gasteiger partial charge in [-0.2, -0.15) is 5.10 Å². The van der Waals surface area contributed by atoms with Crippen LogP contribution in [-0.4, -0.2) is 28.3 Å². The number of para-hydroxylation sites is 1. The summed E-state index contributed by atoms with van der Waals surface area (Å²) in [5.74, 6) is 0.731. The molecule has 5 heteroatoms. The molecule has 21 heavy (non-hydrogen) atoms. The molecule has 0 saturated heterocycles. The fourth-order valence-electron chi connectivity index (χ4n) is 1.98. The quantitative estimate of drug-likeness (QED) is 0.887. The van der Waals surface area contributed by atoms with Gasteiger partial charge >= 0.3 is 0 Å². The molecule has 2 rings (SSSR count). The molecule has 2 aromatic rings. The second-order valence-corrected chi connectivity index (χ2v) is 5.03. The molecule has 1 heterocycles. The summed E-state index contributed by atoms with van der Waals surface area (Å²) >= 11 is 0. The molecule has 5 nitrogen and oxygen atoms in total. The number of benzene rings is 1. The van der Waals surface area contributed by atoms with Gasteiger partial charge in [0, 0.05) is 13.2 Å². The van der Waals surface area contributed by atoms with Crippen LogP contribution >= 0.6 is 0 Å². The molecule has 1 amide bonds. The minimum absolute atomic E-state index is 0.0493. The van der Waals surface area contributed by atoms with E-state index >= 15 is 0 Å². The maximum absolute atomic E-state index is 12.0. The number of aryl methyl sites for hydroxylation is 2. The van der Waals surface area contributed by atoms with Crippen molar-refractivity contribution in [2.75, 3.05) is 6.54 Å². The first-order valence-electron chi connectivity index (χ1n) is 7.09. The molecule has 0 aliphatic rings. The Morgan fingerprint density at radius 2 is 2.19 bits per heavy atom. The molecule has 0 bridgehead atoms. The maximum atomic E-state index is 12.0. The largest absolute Gasteiger partial charge is 0.488 e. The molecule has 1 N–H and O–H groups in total. The number of nitrogens with one attached hydrogen (secondary N) is 1. The van der Waals surface area contributed by atoms with E-state index in [1.165, 1.54) is 0 Å². The van der Waals surface area contributed by atoms with E-state index in [4.69, 9.17) is 4.74 Å². The summed E-state index contributed by atoms with van der Waals surface area (Å²) in [7, 11) is 1.78. The van der Waals surface area contributed by atoms with Crippen molar-refractivity contribution in [3.05, 3.63) is 47.8 Å². The first kappa shape index (κ1) is 15.1. The van der Waals surface area contributed by atoms with Gasteiger partial charge in [0.15, 0.2) is 0 Å². The van der Waals surface area contributed by atoms with Gasteiger partial charge in [0.2, 0.25) is 0 Å². The van der Waals surface area contributed by atoms with Crippen molar-refractivity contribution in [1.29, 1.82) is 0 Å². The fraction of sp³-hybridized carbons (Fsp3) is 0.375. The zero-order chi connectivity index (χ0) is 15.2. The van der Waals surface area contributed by atoms with Crippen LogP contribution in [-0.2, 0) is 7.05 Å². The van der Waals surface area contributed by atoms with Crippen molar-refractivity contribution in [2.24, 2.45) is 7.05 Å². The van der Waals surface area contributed by atoms with Crippen molar-refractivity contribution in [3.8, 4) is 5.75 Å². The SMILES string of the molecule is CC[C@@H](CNC(=O)c1cnn(C)c1)Oc1ccccc1C. The van der Waals surface area contributed by atoms with Crippen molar-refractivity contribution in [1.82, 2.24) is 15.1 Å². The van der Waals surface area contributed by atoms with Crippen LogP contribution in [0.25, 0.3) is 0 Å². The van der Waals surface area contributed by atoms with Crippen molar-refractivity contribution in [3.63, 3.8) is 0 Å². The van der Waals surface area contributed by atoms with Crippen LogP contribution < -0.4 is 10.1 Å². The molecule has 1 aromatic heterocycles. The Hall–Kier alpha value is -2.30. The summed E-state index contributed by atoms with van der Waals surface area (Å²) in [4.78, 5) is 12.0. The molecule has 112 valence electrons. The zero-order valence-electron chi connectivity index (χ0n) is 12.7. The number of hydrogen-bond acceptors (Lipinski definition) is 3. The molecule has 1 aromatic carbocycles. The number of hydrogen-bond donors (Lipinski definition) is 1. The molecule has 0 unspecified atom stereocenters. The van der Waals surface area contributed by atoms with Crippen LogP contribution in [0.2, 0.25) is 0 Å². The molecule has 0 aliphatic heterocycles. The number of aromatic nitrogens is 2. The molecule has 0 fully saturated rings. The van der Waals surface area contributed by atoms with E-state index in [9.17, 15) is 4.79 Å². The van der Waals surface area contributed by atoms with E-state index in [1.807, 2.05) is 38.1 Å². The minimum Gasteiger partial charge on any atom is -0.488 e. The second-order valence-electron chi connectivity index (χ2n) is 5.03. The minimum atomic E-state index is -0.130. The first-order chi connectivity index (χ1) is 10.1. The van der Waals surface area contributed by atoms with Crippen LogP contribution in [0.3, 0.4) is 0 Å². The Bertz CT molecular complexity index is 607. The van der Waals surface area contributed by atoms with Crippen LogP contribution in [0.15, 0.2) is 36.7 Å². The van der Waals surface area contributed by atoms with Crippen LogP contribution in [0.4, 0.5) is 0 Å². The van der Waals surface area contributed by atoms with Gasteiger partial charge in [-0.1, -0.05) is 25.1 Å².